The van der Waals surface area contributed by atoms with Gasteiger partial charge < -0.3 is 14.6 Å². The zero-order valence-electron chi connectivity index (χ0n) is 22.5. The zero-order chi connectivity index (χ0) is 27.4. The molecule has 0 amide bonds. The molecular weight excluding hydrogens is 492 g/mol. The van der Waals surface area contributed by atoms with Crippen molar-refractivity contribution in [1.82, 2.24) is 4.98 Å². The number of ether oxygens (including phenoxy) is 2. The fourth-order valence-electron chi connectivity index (χ4n) is 4.93. The fourth-order valence-corrected chi connectivity index (χ4v) is 5.60. The molecule has 2 aliphatic rings. The Bertz CT molecular complexity index is 1110. The van der Waals surface area contributed by atoms with Crippen molar-refractivity contribution in [2.75, 3.05) is 0 Å². The van der Waals surface area contributed by atoms with Gasteiger partial charge in [0.2, 0.25) is 0 Å². The number of carbonyl (C=O) groups is 2. The highest BCUT2D eigenvalue weighted by Gasteiger charge is 2.52. The van der Waals surface area contributed by atoms with Crippen LogP contribution >= 0.6 is 11.3 Å². The van der Waals surface area contributed by atoms with E-state index in [4.69, 9.17) is 15.0 Å². The number of esters is 1. The number of aliphatic hydroxyl groups is 1. The zero-order valence-corrected chi connectivity index (χ0v) is 23.3. The van der Waals surface area contributed by atoms with Crippen LogP contribution in [-0.4, -0.2) is 45.8 Å². The van der Waals surface area contributed by atoms with Crippen molar-refractivity contribution in [1.29, 1.82) is 0 Å². The number of azide groups is 1. The first kappa shape index (κ1) is 29.0. The van der Waals surface area contributed by atoms with Crippen LogP contribution < -0.4 is 0 Å². The van der Waals surface area contributed by atoms with E-state index >= 15 is 0 Å². The Morgan fingerprint density at radius 1 is 1.35 bits per heavy atom. The van der Waals surface area contributed by atoms with E-state index in [1.165, 1.54) is 17.4 Å². The number of carbonyl (C=O) groups excluding carboxylic acids is 2. The molecule has 202 valence electrons. The standard InChI is InChI=1S/C27H38N4O5S/c1-16-8-7-10-27(6)21(36-27)13-20(17(2)12-19-15-37-22(30-19)14-29-31-28)35-23(32)9-11-26(4,5)25(34)18(3)24(16)33/h9,11-12,15-16,18,20-21,24,33H,7-8,10,13-14H2,1-6H3/b11-9+,17-12+. The molecule has 0 saturated carbocycles. The lowest BCUT2D eigenvalue weighted by atomic mass is 9.76. The summed E-state index contributed by atoms with van der Waals surface area (Å²) in [6.45, 7) is 11.4. The van der Waals surface area contributed by atoms with Crippen molar-refractivity contribution in [2.24, 2.45) is 22.4 Å². The molecule has 37 heavy (non-hydrogen) atoms. The normalized spacial score (nSPS) is 34.1. The van der Waals surface area contributed by atoms with E-state index in [0.717, 1.165) is 24.8 Å². The molecule has 0 spiro atoms. The second-order valence-corrected chi connectivity index (χ2v) is 12.0. The molecule has 3 rings (SSSR count). The van der Waals surface area contributed by atoms with Gasteiger partial charge in [-0.1, -0.05) is 31.5 Å². The number of epoxide rings is 1. The highest BCUT2D eigenvalue weighted by molar-refractivity contribution is 7.09. The van der Waals surface area contributed by atoms with E-state index in [9.17, 15) is 14.7 Å². The van der Waals surface area contributed by atoms with Gasteiger partial charge in [0.1, 0.15) is 11.9 Å². The molecule has 2 aliphatic heterocycles. The number of aromatic nitrogens is 1. The number of rotatable bonds is 4. The molecule has 1 aromatic rings. The molecule has 1 aromatic heterocycles. The summed E-state index contributed by atoms with van der Waals surface area (Å²) in [5, 5.41) is 16.9. The largest absolute Gasteiger partial charge is 0.455 e. The highest BCUT2D eigenvalue weighted by atomic mass is 32.1. The minimum atomic E-state index is -0.933. The lowest BCUT2D eigenvalue weighted by molar-refractivity contribution is -0.141. The lowest BCUT2D eigenvalue weighted by Gasteiger charge is -2.30. The van der Waals surface area contributed by atoms with Gasteiger partial charge in [0.25, 0.3) is 0 Å². The number of Topliss-reactive ketones (excluding diaryl/α,β-unsaturated/α-hetero) is 1. The molecule has 3 heterocycles. The Labute approximate surface area is 222 Å². The number of fused-ring (bicyclic) bond motifs is 1. The van der Waals surface area contributed by atoms with E-state index in [1.807, 2.05) is 25.3 Å². The highest BCUT2D eigenvalue weighted by Crippen LogP contribution is 2.45. The quantitative estimate of drug-likeness (QED) is 0.172. The topological polar surface area (TPSA) is 138 Å². The van der Waals surface area contributed by atoms with E-state index in [2.05, 4.69) is 21.9 Å². The number of thiazole rings is 1. The van der Waals surface area contributed by atoms with Gasteiger partial charge in [0.05, 0.1) is 35.1 Å². The number of hydrogen-bond donors (Lipinski definition) is 1. The van der Waals surface area contributed by atoms with Gasteiger partial charge in [-0.15, -0.1) is 11.3 Å². The average Bonchev–Trinajstić information content (AvgIpc) is 3.26. The van der Waals surface area contributed by atoms with Crippen molar-refractivity contribution >= 4 is 29.2 Å². The van der Waals surface area contributed by atoms with Gasteiger partial charge in [-0.05, 0) is 63.6 Å². The van der Waals surface area contributed by atoms with Crippen LogP contribution in [0.15, 0.2) is 28.2 Å². The molecule has 0 radical (unpaired) electrons. The van der Waals surface area contributed by atoms with Crippen LogP contribution in [0.5, 0.6) is 0 Å². The fraction of sp³-hybridized carbons (Fsp3) is 0.667. The molecule has 1 saturated heterocycles. The third kappa shape index (κ3) is 7.51. The molecule has 6 atom stereocenters. The van der Waals surface area contributed by atoms with Crippen LogP contribution in [0, 0.1) is 17.3 Å². The molecular formula is C27H38N4O5S. The minimum Gasteiger partial charge on any atom is -0.455 e. The summed E-state index contributed by atoms with van der Waals surface area (Å²) in [6.07, 6.45) is 6.38. The predicted molar refractivity (Wildman–Crippen MR) is 143 cm³/mol. The van der Waals surface area contributed by atoms with Crippen molar-refractivity contribution in [2.45, 2.75) is 97.7 Å². The second-order valence-electron chi connectivity index (χ2n) is 11.1. The smallest absolute Gasteiger partial charge is 0.331 e. The van der Waals surface area contributed by atoms with Crippen molar-refractivity contribution < 1.29 is 24.2 Å². The van der Waals surface area contributed by atoms with E-state index in [-0.39, 0.29) is 30.0 Å². The third-order valence-electron chi connectivity index (χ3n) is 7.56. The Morgan fingerprint density at radius 2 is 2.08 bits per heavy atom. The Balaban J connectivity index is 1.85. The van der Waals surface area contributed by atoms with E-state index < -0.39 is 29.5 Å². The molecule has 9 nitrogen and oxygen atoms in total. The van der Waals surface area contributed by atoms with E-state index in [1.54, 1.807) is 26.8 Å². The number of nitrogens with zero attached hydrogens (tertiary/aromatic N) is 4. The first-order valence-electron chi connectivity index (χ1n) is 12.8. The monoisotopic (exact) mass is 530 g/mol. The van der Waals surface area contributed by atoms with Gasteiger partial charge in [-0.3, -0.25) is 4.79 Å². The molecule has 0 aliphatic carbocycles. The Morgan fingerprint density at radius 3 is 2.78 bits per heavy atom. The van der Waals surface area contributed by atoms with Crippen LogP contribution in [0.3, 0.4) is 0 Å². The maximum atomic E-state index is 13.2. The first-order valence-corrected chi connectivity index (χ1v) is 13.7. The van der Waals surface area contributed by atoms with Gasteiger partial charge in [0.15, 0.2) is 0 Å². The second kappa shape index (κ2) is 11.9. The maximum Gasteiger partial charge on any atom is 0.331 e. The summed E-state index contributed by atoms with van der Waals surface area (Å²) in [5.41, 5.74) is 8.81. The minimum absolute atomic E-state index is 0.0304. The van der Waals surface area contributed by atoms with Crippen LogP contribution in [0.4, 0.5) is 0 Å². The van der Waals surface area contributed by atoms with Crippen LogP contribution in [0.2, 0.25) is 0 Å². The van der Waals surface area contributed by atoms with Crippen LogP contribution in [0.1, 0.15) is 77.9 Å². The molecule has 1 N–H and O–H groups in total. The summed E-state index contributed by atoms with van der Waals surface area (Å²) in [4.78, 5) is 33.2. The van der Waals surface area contributed by atoms with Crippen molar-refractivity contribution in [3.05, 3.63) is 44.2 Å². The van der Waals surface area contributed by atoms with Crippen molar-refractivity contribution in [3.63, 3.8) is 0 Å². The SMILES string of the molecule is C/C(=C\c1csc(CN=[N+]=[N-])n1)C1CC2OC2(C)CCCC(C)C(O)C(C)C(=O)C(C)(C)/C=C/C(=O)O1. The number of aliphatic hydroxyl groups excluding tert-OH is 1. The van der Waals surface area contributed by atoms with Gasteiger partial charge in [-0.2, -0.15) is 0 Å². The van der Waals surface area contributed by atoms with Gasteiger partial charge in [0, 0.05) is 34.1 Å². The van der Waals surface area contributed by atoms with Crippen LogP contribution in [-0.2, 0) is 25.6 Å². The maximum absolute atomic E-state index is 13.2. The van der Waals surface area contributed by atoms with Gasteiger partial charge in [-0.25, -0.2) is 9.78 Å². The average molecular weight is 531 g/mol. The molecule has 6 unspecified atom stereocenters. The summed E-state index contributed by atoms with van der Waals surface area (Å²) in [7, 11) is 0. The summed E-state index contributed by atoms with van der Waals surface area (Å²) < 4.78 is 11.9. The number of hydrogen-bond acceptors (Lipinski definition) is 8. The van der Waals surface area contributed by atoms with Crippen molar-refractivity contribution in [3.8, 4) is 0 Å². The first-order chi connectivity index (χ1) is 17.4. The Kier molecular flexibility index (Phi) is 9.34. The number of cyclic esters (lactones) is 1. The molecule has 10 heteroatoms. The number of allylic oxidation sites excluding steroid dienone is 1. The lowest BCUT2D eigenvalue weighted by Crippen LogP contribution is -2.38. The summed E-state index contributed by atoms with van der Waals surface area (Å²) in [6, 6.07) is 0. The molecule has 0 bridgehead atoms. The van der Waals surface area contributed by atoms with Gasteiger partial charge >= 0.3 is 5.97 Å². The number of ketones is 1. The van der Waals surface area contributed by atoms with E-state index in [0.29, 0.717) is 17.1 Å². The molecule has 0 aromatic carbocycles. The summed E-state index contributed by atoms with van der Waals surface area (Å²) >= 11 is 1.40. The third-order valence-corrected chi connectivity index (χ3v) is 8.41. The summed E-state index contributed by atoms with van der Waals surface area (Å²) in [5.74, 6) is -1.25. The predicted octanol–water partition coefficient (Wildman–Crippen LogP) is 5.78. The molecule has 1 fully saturated rings. The Hall–Kier alpha value is -2.52. The van der Waals surface area contributed by atoms with Crippen LogP contribution in [0.25, 0.3) is 16.5 Å².